The molecular formula is C28H13F2NO2S2. The Morgan fingerprint density at radius 1 is 0.657 bits per heavy atom. The Morgan fingerprint density at radius 3 is 1.66 bits per heavy atom. The quantitative estimate of drug-likeness (QED) is 0.171. The molecule has 168 valence electrons. The van der Waals surface area contributed by atoms with Gasteiger partial charge in [-0.3, -0.25) is 9.59 Å². The largest absolute Gasteiger partial charge is 0.306 e. The number of Topliss-reactive ketones (excluding diaryl/α,β-unsaturated/α-hetero) is 2. The van der Waals surface area contributed by atoms with Gasteiger partial charge in [-0.1, -0.05) is 47.8 Å². The minimum Gasteiger partial charge on any atom is -0.306 e. The molecule has 7 rings (SSSR count). The molecule has 3 nitrogen and oxygen atoms in total. The van der Waals surface area contributed by atoms with Crippen LogP contribution in [0, 0.1) is 11.6 Å². The fraction of sp³-hybridized carbons (Fsp3) is 0. The average molecular weight is 498 g/mol. The van der Waals surface area contributed by atoms with Crippen LogP contribution in [0.3, 0.4) is 0 Å². The van der Waals surface area contributed by atoms with Gasteiger partial charge in [0.05, 0.1) is 22.6 Å². The van der Waals surface area contributed by atoms with Crippen molar-refractivity contribution in [3.05, 3.63) is 107 Å². The minimum absolute atomic E-state index is 0.0866. The van der Waals surface area contributed by atoms with E-state index in [-0.39, 0.29) is 16.7 Å². The molecule has 0 bridgehead atoms. The molecule has 0 spiro atoms. The van der Waals surface area contributed by atoms with Crippen LogP contribution in [0.15, 0.2) is 98.0 Å². The number of rotatable bonds is 1. The molecule has 0 N–H and O–H groups in total. The van der Waals surface area contributed by atoms with Crippen LogP contribution in [0.2, 0.25) is 0 Å². The summed E-state index contributed by atoms with van der Waals surface area (Å²) in [5.74, 6) is -3.47. The highest BCUT2D eigenvalue weighted by molar-refractivity contribution is 8.00. The molecular weight excluding hydrogens is 484 g/mol. The first-order chi connectivity index (χ1) is 17.0. The number of carbonyl (C=O) groups is 2. The van der Waals surface area contributed by atoms with Crippen molar-refractivity contribution in [2.24, 2.45) is 0 Å². The van der Waals surface area contributed by atoms with Crippen molar-refractivity contribution in [1.82, 2.24) is 0 Å². The zero-order valence-electron chi connectivity index (χ0n) is 17.8. The third-order valence-corrected chi connectivity index (χ3v) is 8.48. The summed E-state index contributed by atoms with van der Waals surface area (Å²) in [6.45, 7) is 0. The van der Waals surface area contributed by atoms with Crippen LogP contribution in [-0.2, 0) is 0 Å². The first-order valence-electron chi connectivity index (χ1n) is 10.8. The molecule has 0 amide bonds. The van der Waals surface area contributed by atoms with E-state index in [2.05, 4.69) is 29.2 Å². The van der Waals surface area contributed by atoms with Gasteiger partial charge in [0.15, 0.2) is 23.2 Å². The lowest BCUT2D eigenvalue weighted by Crippen LogP contribution is -2.19. The number of fused-ring (bicyclic) bond motifs is 5. The Morgan fingerprint density at radius 2 is 1.14 bits per heavy atom. The van der Waals surface area contributed by atoms with Crippen LogP contribution >= 0.6 is 23.5 Å². The van der Waals surface area contributed by atoms with Gasteiger partial charge in [-0.2, -0.15) is 0 Å². The Bertz CT molecular complexity index is 1560. The molecule has 2 aliphatic heterocycles. The first-order valence-corrected chi connectivity index (χ1v) is 12.4. The van der Waals surface area contributed by atoms with Crippen molar-refractivity contribution in [1.29, 1.82) is 0 Å². The van der Waals surface area contributed by atoms with Crippen LogP contribution in [0.1, 0.15) is 26.3 Å². The molecule has 7 heteroatoms. The molecule has 0 fully saturated rings. The van der Waals surface area contributed by atoms with Crippen LogP contribution in [-0.4, -0.2) is 11.6 Å². The van der Waals surface area contributed by atoms with E-state index in [1.807, 2.05) is 36.4 Å². The molecule has 2 heterocycles. The van der Waals surface area contributed by atoms with E-state index >= 15 is 0 Å². The molecule has 4 aromatic rings. The number of ketones is 2. The summed E-state index contributed by atoms with van der Waals surface area (Å²) < 4.78 is 27.5. The van der Waals surface area contributed by atoms with Gasteiger partial charge < -0.3 is 4.90 Å². The van der Waals surface area contributed by atoms with Gasteiger partial charge in [0.25, 0.3) is 0 Å². The van der Waals surface area contributed by atoms with E-state index < -0.39 is 23.2 Å². The Labute approximate surface area is 207 Å². The maximum atomic E-state index is 13.7. The summed E-state index contributed by atoms with van der Waals surface area (Å²) in [6.07, 6.45) is 1.53. The molecule has 0 unspecified atom stereocenters. The van der Waals surface area contributed by atoms with Crippen LogP contribution in [0.4, 0.5) is 25.8 Å². The zero-order chi connectivity index (χ0) is 23.8. The van der Waals surface area contributed by atoms with E-state index in [4.69, 9.17) is 0 Å². The Kier molecular flexibility index (Phi) is 4.38. The van der Waals surface area contributed by atoms with Crippen LogP contribution < -0.4 is 4.90 Å². The van der Waals surface area contributed by atoms with E-state index in [1.165, 1.54) is 6.08 Å². The number of halogens is 2. The summed E-state index contributed by atoms with van der Waals surface area (Å²) in [4.78, 5) is 32.3. The minimum atomic E-state index is -1.14. The second-order valence-electron chi connectivity index (χ2n) is 8.37. The van der Waals surface area contributed by atoms with Gasteiger partial charge in [-0.25, -0.2) is 8.78 Å². The Balaban J connectivity index is 1.39. The van der Waals surface area contributed by atoms with Crippen molar-refractivity contribution in [2.75, 3.05) is 4.90 Å². The van der Waals surface area contributed by atoms with Gasteiger partial charge in [-0.15, -0.1) is 0 Å². The van der Waals surface area contributed by atoms with E-state index in [1.54, 1.807) is 23.5 Å². The topological polar surface area (TPSA) is 37.4 Å². The fourth-order valence-electron chi connectivity index (χ4n) is 4.74. The molecule has 0 saturated carbocycles. The normalized spacial score (nSPS) is 14.9. The van der Waals surface area contributed by atoms with E-state index in [0.717, 1.165) is 48.8 Å². The lowest BCUT2D eigenvalue weighted by atomic mass is 10.1. The third kappa shape index (κ3) is 2.98. The van der Waals surface area contributed by atoms with Crippen LogP contribution in [0.5, 0.6) is 0 Å². The molecule has 3 aliphatic rings. The molecule has 0 atom stereocenters. The van der Waals surface area contributed by atoms with Gasteiger partial charge in [0.2, 0.25) is 0 Å². The van der Waals surface area contributed by atoms with E-state index in [0.29, 0.717) is 5.56 Å². The number of hydrogen-bond donors (Lipinski definition) is 0. The summed E-state index contributed by atoms with van der Waals surface area (Å²) in [6, 6.07) is 21.9. The standard InChI is InChI=1S/C28H13F2NO2S2/c29-18-12-15-16(13-19(18)30)28(33)17(27(15)32)9-14-10-24-26-25(11-14)35-23-8-4-2-6-21(23)31(26)20-5-1-3-7-22(20)34-24/h1-13H. The SMILES string of the molecule is O=C1C(=Cc2cc3c4c(c2)Sc2ccccc2N4c2ccccc2S3)C(=O)c2cc(F)c(F)cc21. The number of nitrogens with zero attached hydrogens (tertiary/aromatic N) is 1. The monoisotopic (exact) mass is 497 g/mol. The average Bonchev–Trinajstić information content (AvgIpc) is 3.08. The van der Waals surface area contributed by atoms with Crippen molar-refractivity contribution in [3.63, 3.8) is 0 Å². The number of carbonyl (C=O) groups excluding carboxylic acids is 2. The molecule has 0 radical (unpaired) electrons. The molecule has 1 aliphatic carbocycles. The maximum absolute atomic E-state index is 13.7. The lowest BCUT2D eigenvalue weighted by molar-refractivity contribution is 0.0990. The highest BCUT2D eigenvalue weighted by Gasteiger charge is 2.36. The summed E-state index contributed by atoms with van der Waals surface area (Å²) in [5, 5.41) is 0. The van der Waals surface area contributed by atoms with Gasteiger partial charge in [-0.05, 0) is 60.2 Å². The second kappa shape index (κ2) is 7.41. The van der Waals surface area contributed by atoms with E-state index in [9.17, 15) is 18.4 Å². The number of anilines is 3. The smallest absolute Gasteiger partial charge is 0.197 e. The number of benzene rings is 4. The van der Waals surface area contributed by atoms with Crippen LogP contribution in [0.25, 0.3) is 6.08 Å². The highest BCUT2D eigenvalue weighted by atomic mass is 32.2. The van der Waals surface area contributed by atoms with Gasteiger partial charge in [0.1, 0.15) is 0 Å². The maximum Gasteiger partial charge on any atom is 0.197 e. The van der Waals surface area contributed by atoms with Crippen molar-refractivity contribution in [2.45, 2.75) is 19.6 Å². The number of hydrogen-bond acceptors (Lipinski definition) is 5. The lowest BCUT2D eigenvalue weighted by Gasteiger charge is -2.38. The van der Waals surface area contributed by atoms with Crippen molar-refractivity contribution >= 4 is 58.2 Å². The summed E-state index contributed by atoms with van der Waals surface area (Å²) in [5.41, 5.74) is 3.67. The molecule has 0 aromatic heterocycles. The van der Waals surface area contributed by atoms with Gasteiger partial charge in [0, 0.05) is 30.7 Å². The number of para-hydroxylation sites is 2. The predicted octanol–water partition coefficient (Wildman–Crippen LogP) is 7.83. The highest BCUT2D eigenvalue weighted by Crippen LogP contribution is 2.60. The molecule has 4 aromatic carbocycles. The predicted molar refractivity (Wildman–Crippen MR) is 132 cm³/mol. The zero-order valence-corrected chi connectivity index (χ0v) is 19.5. The second-order valence-corrected chi connectivity index (χ2v) is 10.5. The first kappa shape index (κ1) is 20.7. The molecule has 35 heavy (non-hydrogen) atoms. The molecule has 0 saturated heterocycles. The van der Waals surface area contributed by atoms with Gasteiger partial charge >= 0.3 is 0 Å². The number of allylic oxidation sites excluding steroid dienone is 1. The third-order valence-electron chi connectivity index (χ3n) is 6.29. The summed E-state index contributed by atoms with van der Waals surface area (Å²) >= 11 is 3.27. The van der Waals surface area contributed by atoms with Crippen molar-refractivity contribution in [3.8, 4) is 0 Å². The fourth-order valence-corrected chi connectivity index (χ4v) is 7.08. The Hall–Kier alpha value is -3.68. The summed E-state index contributed by atoms with van der Waals surface area (Å²) in [7, 11) is 0. The van der Waals surface area contributed by atoms with Crippen molar-refractivity contribution < 1.29 is 18.4 Å².